The lowest BCUT2D eigenvalue weighted by Gasteiger charge is -2.08. The van der Waals surface area contributed by atoms with Gasteiger partial charge in [0.1, 0.15) is 23.0 Å². The Morgan fingerprint density at radius 2 is 1.65 bits per heavy atom. The molecule has 154 valence electrons. The molecule has 0 atom stereocenters. The third-order valence-electron chi connectivity index (χ3n) is 5.22. The lowest BCUT2D eigenvalue weighted by Crippen LogP contribution is -1.98. The number of hydrogen-bond acceptors (Lipinski definition) is 4. The fourth-order valence-corrected chi connectivity index (χ4v) is 3.75. The third-order valence-corrected chi connectivity index (χ3v) is 5.22. The summed E-state index contributed by atoms with van der Waals surface area (Å²) in [7, 11) is 1.64. The quantitative estimate of drug-likeness (QED) is 0.366. The maximum atomic E-state index is 13.6. The van der Waals surface area contributed by atoms with Crippen LogP contribution in [0, 0.1) is 5.82 Å². The molecule has 31 heavy (non-hydrogen) atoms. The fraction of sp³-hybridized carbons (Fsp3) is 0.120. The Morgan fingerprint density at radius 3 is 2.35 bits per heavy atom. The number of aromatic nitrogens is 3. The predicted octanol–water partition coefficient (Wildman–Crippen LogP) is 5.79. The minimum Gasteiger partial charge on any atom is -0.497 e. The second-order valence-electron chi connectivity index (χ2n) is 7.10. The predicted molar refractivity (Wildman–Crippen MR) is 119 cm³/mol. The van der Waals surface area contributed by atoms with Crippen molar-refractivity contribution in [1.29, 1.82) is 0 Å². The molecule has 2 heterocycles. The van der Waals surface area contributed by atoms with Crippen LogP contribution in [0.3, 0.4) is 0 Å². The zero-order valence-corrected chi connectivity index (χ0v) is 17.2. The Kier molecular flexibility index (Phi) is 4.75. The molecule has 6 heteroatoms. The summed E-state index contributed by atoms with van der Waals surface area (Å²) in [5.74, 6) is 1.25. The average molecular weight is 413 g/mol. The average Bonchev–Trinajstić information content (AvgIpc) is 3.20. The highest BCUT2D eigenvalue weighted by Gasteiger charge is 2.18. The Morgan fingerprint density at radius 1 is 0.903 bits per heavy atom. The second-order valence-corrected chi connectivity index (χ2v) is 7.10. The number of methoxy groups -OCH3 is 1. The van der Waals surface area contributed by atoms with Gasteiger partial charge in [-0.05, 0) is 73.7 Å². The minimum atomic E-state index is -0.291. The van der Waals surface area contributed by atoms with Crippen LogP contribution in [0.25, 0.3) is 38.8 Å². The number of rotatable bonds is 5. The van der Waals surface area contributed by atoms with E-state index in [1.54, 1.807) is 19.2 Å². The molecule has 0 radical (unpaired) electrons. The van der Waals surface area contributed by atoms with E-state index in [9.17, 15) is 4.39 Å². The molecule has 0 aliphatic carbocycles. The lowest BCUT2D eigenvalue weighted by atomic mass is 10.1. The summed E-state index contributed by atoms with van der Waals surface area (Å²) in [6.45, 7) is 2.52. The molecule has 0 saturated heterocycles. The van der Waals surface area contributed by atoms with Crippen LogP contribution in [-0.2, 0) is 0 Å². The number of ether oxygens (including phenoxy) is 2. The lowest BCUT2D eigenvalue weighted by molar-refractivity contribution is 0.341. The van der Waals surface area contributed by atoms with E-state index in [1.165, 1.54) is 12.1 Å². The van der Waals surface area contributed by atoms with Crippen LogP contribution in [0.15, 0.2) is 72.9 Å². The minimum absolute atomic E-state index is 0.291. The monoisotopic (exact) mass is 413 g/mol. The molecule has 0 aliphatic heterocycles. The van der Waals surface area contributed by atoms with Gasteiger partial charge < -0.3 is 9.47 Å². The Balaban J connectivity index is 1.83. The van der Waals surface area contributed by atoms with E-state index in [4.69, 9.17) is 14.6 Å². The molecule has 5 nitrogen and oxygen atoms in total. The van der Waals surface area contributed by atoms with E-state index >= 15 is 0 Å². The van der Waals surface area contributed by atoms with Gasteiger partial charge in [-0.1, -0.05) is 0 Å². The van der Waals surface area contributed by atoms with Crippen molar-refractivity contribution in [3.8, 4) is 28.4 Å². The molecule has 5 aromatic rings. The van der Waals surface area contributed by atoms with Crippen molar-refractivity contribution in [2.45, 2.75) is 6.92 Å². The highest BCUT2D eigenvalue weighted by molar-refractivity contribution is 6.09. The smallest absolute Gasteiger partial charge is 0.123 e. The van der Waals surface area contributed by atoms with Gasteiger partial charge in [0.25, 0.3) is 0 Å². The van der Waals surface area contributed by atoms with Crippen molar-refractivity contribution >= 4 is 21.8 Å². The van der Waals surface area contributed by atoms with E-state index in [0.29, 0.717) is 6.61 Å². The van der Waals surface area contributed by atoms with Crippen LogP contribution >= 0.6 is 0 Å². The topological polar surface area (TPSA) is 49.2 Å². The number of pyridine rings is 1. The van der Waals surface area contributed by atoms with Crippen molar-refractivity contribution in [2.75, 3.05) is 13.7 Å². The number of nitrogens with zero attached hydrogens (tertiary/aromatic N) is 3. The fourth-order valence-electron chi connectivity index (χ4n) is 3.75. The second kappa shape index (κ2) is 7.72. The van der Waals surface area contributed by atoms with Crippen LogP contribution in [0.1, 0.15) is 6.92 Å². The van der Waals surface area contributed by atoms with Crippen LogP contribution < -0.4 is 9.47 Å². The molecule has 0 spiro atoms. The summed E-state index contributed by atoms with van der Waals surface area (Å²) in [6.07, 6.45) is 1.84. The molecule has 0 saturated carbocycles. The van der Waals surface area contributed by atoms with Gasteiger partial charge in [-0.25, -0.2) is 9.07 Å². The molecule has 0 fully saturated rings. The van der Waals surface area contributed by atoms with Gasteiger partial charge in [0.2, 0.25) is 0 Å². The van der Waals surface area contributed by atoms with Crippen molar-refractivity contribution < 1.29 is 13.9 Å². The van der Waals surface area contributed by atoms with Crippen LogP contribution in [-0.4, -0.2) is 28.5 Å². The van der Waals surface area contributed by atoms with E-state index in [1.807, 2.05) is 60.3 Å². The molecule has 0 amide bonds. The highest BCUT2D eigenvalue weighted by atomic mass is 19.1. The first kappa shape index (κ1) is 19.1. The van der Waals surface area contributed by atoms with Gasteiger partial charge in [-0.15, -0.1) is 0 Å². The summed E-state index contributed by atoms with van der Waals surface area (Å²) >= 11 is 0. The maximum absolute atomic E-state index is 13.6. The van der Waals surface area contributed by atoms with Crippen molar-refractivity contribution in [1.82, 2.24) is 14.8 Å². The molecule has 2 aromatic heterocycles. The first-order valence-corrected chi connectivity index (χ1v) is 10.0. The Labute approximate surface area is 178 Å². The van der Waals surface area contributed by atoms with Crippen LogP contribution in [0.5, 0.6) is 11.5 Å². The molecule has 5 rings (SSSR count). The van der Waals surface area contributed by atoms with E-state index in [2.05, 4.69) is 4.98 Å². The van der Waals surface area contributed by atoms with Crippen molar-refractivity contribution in [3.63, 3.8) is 0 Å². The molecule has 0 N–H and O–H groups in total. The van der Waals surface area contributed by atoms with E-state index < -0.39 is 0 Å². The van der Waals surface area contributed by atoms with Gasteiger partial charge in [-0.3, -0.25) is 4.98 Å². The molecular formula is C25H20FN3O2. The SMILES string of the molecule is CCOc1ccc2ncc3c(-c4ccc(OC)cc4)nn(-c4ccc(F)cc4)c3c2c1. The third kappa shape index (κ3) is 3.36. The first-order chi connectivity index (χ1) is 15.2. The van der Waals surface area contributed by atoms with Gasteiger partial charge >= 0.3 is 0 Å². The molecule has 3 aromatic carbocycles. The summed E-state index contributed by atoms with van der Waals surface area (Å²) in [5, 5.41) is 6.73. The van der Waals surface area contributed by atoms with E-state index in [-0.39, 0.29) is 5.82 Å². The number of hydrogen-bond donors (Lipinski definition) is 0. The number of benzene rings is 3. The van der Waals surface area contributed by atoms with Gasteiger partial charge in [-0.2, -0.15) is 5.10 Å². The Hall–Kier alpha value is -3.93. The summed E-state index contributed by atoms with van der Waals surface area (Å²) in [4.78, 5) is 4.66. The van der Waals surface area contributed by atoms with E-state index in [0.717, 1.165) is 50.2 Å². The zero-order valence-electron chi connectivity index (χ0n) is 17.2. The number of fused-ring (bicyclic) bond motifs is 3. The molecule has 0 aliphatic rings. The highest BCUT2D eigenvalue weighted by Crippen LogP contribution is 2.35. The molecular weight excluding hydrogens is 393 g/mol. The maximum Gasteiger partial charge on any atom is 0.123 e. The Bertz CT molecular complexity index is 1380. The van der Waals surface area contributed by atoms with Crippen molar-refractivity contribution in [3.05, 3.63) is 78.7 Å². The molecule has 0 unspecified atom stereocenters. The number of halogens is 1. The van der Waals surface area contributed by atoms with Gasteiger partial charge in [0.05, 0.1) is 30.4 Å². The summed E-state index contributed by atoms with van der Waals surface area (Å²) < 4.78 is 26.4. The standard InChI is InChI=1S/C25H20FN3O2/c1-3-31-20-12-13-23-21(14-20)25-22(15-27-23)24(16-4-10-19(30-2)11-5-16)28-29(25)18-8-6-17(26)7-9-18/h4-15H,3H2,1-2H3. The summed E-state index contributed by atoms with van der Waals surface area (Å²) in [5.41, 5.74) is 4.22. The zero-order chi connectivity index (χ0) is 21.4. The normalized spacial score (nSPS) is 11.2. The summed E-state index contributed by atoms with van der Waals surface area (Å²) in [6, 6.07) is 19.9. The van der Waals surface area contributed by atoms with Crippen molar-refractivity contribution in [2.24, 2.45) is 0 Å². The largest absolute Gasteiger partial charge is 0.497 e. The van der Waals surface area contributed by atoms with Crippen LogP contribution in [0.4, 0.5) is 4.39 Å². The van der Waals surface area contributed by atoms with Crippen LogP contribution in [0.2, 0.25) is 0 Å². The first-order valence-electron chi connectivity index (χ1n) is 10.0. The molecule has 0 bridgehead atoms. The van der Waals surface area contributed by atoms with Gasteiger partial charge in [0, 0.05) is 22.5 Å². The van der Waals surface area contributed by atoms with Gasteiger partial charge in [0.15, 0.2) is 0 Å².